The molecule has 0 aliphatic carbocycles. The standard InChI is InChI=1S/C14H19N5O/c1-10-6-7-14(20-10)9-15-12-4-3-5-13(8-12)19-11(2)16-17-18-19/h3-5,8,10,14-15H,6-7,9H2,1-2H3. The van der Waals surface area contributed by atoms with Gasteiger partial charge in [-0.1, -0.05) is 6.07 Å². The number of nitrogens with one attached hydrogen (secondary N) is 1. The van der Waals surface area contributed by atoms with Crippen LogP contribution in [0.2, 0.25) is 0 Å². The van der Waals surface area contributed by atoms with E-state index in [0.29, 0.717) is 12.2 Å². The van der Waals surface area contributed by atoms with Gasteiger partial charge in [0.25, 0.3) is 0 Å². The largest absolute Gasteiger partial charge is 0.382 e. The minimum absolute atomic E-state index is 0.309. The molecule has 2 heterocycles. The molecule has 20 heavy (non-hydrogen) atoms. The number of hydrogen-bond donors (Lipinski definition) is 1. The van der Waals surface area contributed by atoms with Crippen LogP contribution >= 0.6 is 0 Å². The molecule has 2 aromatic rings. The van der Waals surface area contributed by atoms with Crippen LogP contribution in [0.3, 0.4) is 0 Å². The van der Waals surface area contributed by atoms with Crippen molar-refractivity contribution in [1.82, 2.24) is 20.2 Å². The van der Waals surface area contributed by atoms with Crippen LogP contribution in [0.5, 0.6) is 0 Å². The molecule has 1 aromatic heterocycles. The van der Waals surface area contributed by atoms with Crippen molar-refractivity contribution >= 4 is 5.69 Å². The lowest BCUT2D eigenvalue weighted by Gasteiger charge is -2.14. The zero-order valence-electron chi connectivity index (χ0n) is 11.8. The highest BCUT2D eigenvalue weighted by Crippen LogP contribution is 2.20. The Labute approximate surface area is 118 Å². The zero-order valence-corrected chi connectivity index (χ0v) is 11.8. The third-order valence-electron chi connectivity index (χ3n) is 3.57. The fraction of sp³-hybridized carbons (Fsp3) is 0.500. The maximum absolute atomic E-state index is 5.80. The van der Waals surface area contributed by atoms with Gasteiger partial charge in [-0.25, -0.2) is 0 Å². The van der Waals surface area contributed by atoms with Crippen LogP contribution in [0.1, 0.15) is 25.6 Å². The predicted octanol–water partition coefficient (Wildman–Crippen LogP) is 1.95. The topological polar surface area (TPSA) is 64.9 Å². The molecule has 106 valence electrons. The SMILES string of the molecule is Cc1nnnn1-c1cccc(NCC2CCC(C)O2)c1. The summed E-state index contributed by atoms with van der Waals surface area (Å²) < 4.78 is 7.53. The Morgan fingerprint density at radius 3 is 3.00 bits per heavy atom. The summed E-state index contributed by atoms with van der Waals surface area (Å²) in [5.74, 6) is 0.773. The van der Waals surface area contributed by atoms with Crippen LogP contribution < -0.4 is 5.32 Å². The summed E-state index contributed by atoms with van der Waals surface area (Å²) in [6, 6.07) is 8.07. The van der Waals surface area contributed by atoms with E-state index in [1.165, 1.54) is 0 Å². The van der Waals surface area contributed by atoms with Crippen LogP contribution in [-0.4, -0.2) is 39.0 Å². The van der Waals surface area contributed by atoms with E-state index in [9.17, 15) is 0 Å². The smallest absolute Gasteiger partial charge is 0.153 e. The minimum atomic E-state index is 0.309. The van der Waals surface area contributed by atoms with Gasteiger partial charge in [0.05, 0.1) is 17.9 Å². The number of hydrogen-bond acceptors (Lipinski definition) is 5. The number of nitrogens with zero attached hydrogens (tertiary/aromatic N) is 4. The summed E-state index contributed by atoms with van der Waals surface area (Å²) in [4.78, 5) is 0. The van der Waals surface area contributed by atoms with Crippen LogP contribution in [0.15, 0.2) is 24.3 Å². The Morgan fingerprint density at radius 1 is 1.40 bits per heavy atom. The van der Waals surface area contributed by atoms with E-state index in [4.69, 9.17) is 4.74 Å². The lowest BCUT2D eigenvalue weighted by molar-refractivity contribution is 0.0637. The molecule has 0 saturated carbocycles. The fourth-order valence-corrected chi connectivity index (χ4v) is 2.48. The Kier molecular flexibility index (Phi) is 3.64. The maximum Gasteiger partial charge on any atom is 0.153 e. The number of tetrazole rings is 1. The van der Waals surface area contributed by atoms with E-state index in [2.05, 4.69) is 27.8 Å². The van der Waals surface area contributed by atoms with Gasteiger partial charge in [-0.2, -0.15) is 4.68 Å². The highest BCUT2D eigenvalue weighted by molar-refractivity contribution is 5.51. The Bertz CT molecular complexity index is 582. The zero-order chi connectivity index (χ0) is 13.9. The highest BCUT2D eigenvalue weighted by Gasteiger charge is 2.21. The molecule has 6 nitrogen and oxygen atoms in total. The number of ether oxygens (including phenoxy) is 1. The molecule has 0 amide bonds. The molecule has 3 rings (SSSR count). The molecule has 6 heteroatoms. The summed E-state index contributed by atoms with van der Waals surface area (Å²) in [7, 11) is 0. The van der Waals surface area contributed by atoms with Gasteiger partial charge in [-0.3, -0.25) is 0 Å². The third kappa shape index (κ3) is 2.80. The first-order valence-electron chi connectivity index (χ1n) is 6.97. The Morgan fingerprint density at radius 2 is 2.30 bits per heavy atom. The second-order valence-corrected chi connectivity index (χ2v) is 5.22. The number of rotatable bonds is 4. The number of anilines is 1. The first kappa shape index (κ1) is 13.1. The Hall–Kier alpha value is -1.95. The normalized spacial score (nSPS) is 22.1. The van der Waals surface area contributed by atoms with E-state index in [0.717, 1.165) is 36.6 Å². The summed E-state index contributed by atoms with van der Waals surface area (Å²) in [5, 5.41) is 15.0. The van der Waals surface area contributed by atoms with Crippen LogP contribution in [0.4, 0.5) is 5.69 Å². The Balaban J connectivity index is 1.67. The third-order valence-corrected chi connectivity index (χ3v) is 3.57. The van der Waals surface area contributed by atoms with Crippen molar-refractivity contribution in [2.45, 2.75) is 38.9 Å². The first-order valence-corrected chi connectivity index (χ1v) is 6.97. The van der Waals surface area contributed by atoms with Gasteiger partial charge >= 0.3 is 0 Å². The second kappa shape index (κ2) is 5.58. The second-order valence-electron chi connectivity index (χ2n) is 5.22. The van der Waals surface area contributed by atoms with E-state index in [-0.39, 0.29) is 0 Å². The molecule has 1 saturated heterocycles. The van der Waals surface area contributed by atoms with Gasteiger partial charge in [0.1, 0.15) is 0 Å². The van der Waals surface area contributed by atoms with Crippen molar-refractivity contribution in [3.8, 4) is 5.69 Å². The summed E-state index contributed by atoms with van der Waals surface area (Å²) in [6.45, 7) is 4.84. The maximum atomic E-state index is 5.80. The first-order chi connectivity index (χ1) is 9.72. The van der Waals surface area contributed by atoms with Crippen LogP contribution in [0.25, 0.3) is 5.69 Å². The number of aryl methyl sites for hydroxylation is 1. The molecule has 0 bridgehead atoms. The van der Waals surface area contributed by atoms with Crippen LogP contribution in [0, 0.1) is 6.92 Å². The monoisotopic (exact) mass is 273 g/mol. The average Bonchev–Trinajstić information content (AvgIpc) is 3.05. The lowest BCUT2D eigenvalue weighted by Crippen LogP contribution is -2.19. The molecule has 1 fully saturated rings. The fourth-order valence-electron chi connectivity index (χ4n) is 2.48. The van der Waals surface area contributed by atoms with E-state index >= 15 is 0 Å². The molecule has 1 aliphatic rings. The van der Waals surface area contributed by atoms with Crippen molar-refractivity contribution in [2.24, 2.45) is 0 Å². The van der Waals surface area contributed by atoms with Gasteiger partial charge < -0.3 is 10.1 Å². The van der Waals surface area contributed by atoms with Crippen molar-refractivity contribution in [3.63, 3.8) is 0 Å². The van der Waals surface area contributed by atoms with Gasteiger partial charge in [0.15, 0.2) is 5.82 Å². The molecule has 1 aromatic carbocycles. The molecule has 2 unspecified atom stereocenters. The van der Waals surface area contributed by atoms with E-state index in [1.807, 2.05) is 31.2 Å². The van der Waals surface area contributed by atoms with Gasteiger partial charge in [-0.05, 0) is 55.3 Å². The summed E-state index contributed by atoms with van der Waals surface area (Å²) in [6.07, 6.45) is 2.97. The van der Waals surface area contributed by atoms with Gasteiger partial charge in [0, 0.05) is 12.2 Å². The van der Waals surface area contributed by atoms with Crippen LogP contribution in [-0.2, 0) is 4.74 Å². The molecule has 1 N–H and O–H groups in total. The summed E-state index contributed by atoms with van der Waals surface area (Å²) >= 11 is 0. The average molecular weight is 273 g/mol. The molecular formula is C14H19N5O. The predicted molar refractivity (Wildman–Crippen MR) is 75.9 cm³/mol. The van der Waals surface area contributed by atoms with E-state index in [1.54, 1.807) is 4.68 Å². The van der Waals surface area contributed by atoms with Gasteiger partial charge in [0.2, 0.25) is 0 Å². The van der Waals surface area contributed by atoms with Crippen molar-refractivity contribution in [3.05, 3.63) is 30.1 Å². The quantitative estimate of drug-likeness (QED) is 0.922. The molecular weight excluding hydrogens is 254 g/mol. The van der Waals surface area contributed by atoms with Gasteiger partial charge in [-0.15, -0.1) is 5.10 Å². The molecule has 2 atom stereocenters. The lowest BCUT2D eigenvalue weighted by atomic mass is 10.2. The molecule has 1 aliphatic heterocycles. The highest BCUT2D eigenvalue weighted by atomic mass is 16.5. The van der Waals surface area contributed by atoms with Crippen molar-refractivity contribution in [1.29, 1.82) is 0 Å². The van der Waals surface area contributed by atoms with E-state index < -0.39 is 0 Å². The summed E-state index contributed by atoms with van der Waals surface area (Å²) in [5.41, 5.74) is 2.01. The number of aromatic nitrogens is 4. The van der Waals surface area contributed by atoms with Crippen molar-refractivity contribution in [2.75, 3.05) is 11.9 Å². The number of benzene rings is 1. The van der Waals surface area contributed by atoms with Crippen molar-refractivity contribution < 1.29 is 4.74 Å². The molecule has 0 radical (unpaired) electrons. The minimum Gasteiger partial charge on any atom is -0.382 e. The molecule has 0 spiro atoms.